The molecule has 1 aromatic carbocycles. The van der Waals surface area contributed by atoms with Crippen LogP contribution in [0.4, 0.5) is 22.0 Å². The van der Waals surface area contributed by atoms with Crippen LogP contribution in [0.2, 0.25) is 0 Å². The lowest BCUT2D eigenvalue weighted by atomic mass is 10.0. The van der Waals surface area contributed by atoms with Crippen LogP contribution in [0, 0.1) is 5.92 Å². The van der Waals surface area contributed by atoms with Crippen molar-refractivity contribution in [3.8, 4) is 0 Å². The zero-order valence-electron chi connectivity index (χ0n) is 9.35. The Kier molecular flexibility index (Phi) is 3.09. The lowest BCUT2D eigenvalue weighted by Crippen LogP contribution is -2.33. The second kappa shape index (κ2) is 4.19. The minimum absolute atomic E-state index is 0.198. The highest BCUT2D eigenvalue weighted by atomic mass is 19.4. The fourth-order valence-corrected chi connectivity index (χ4v) is 2.02. The first kappa shape index (κ1) is 13.3. The number of halogens is 5. The molecule has 6 heteroatoms. The highest BCUT2D eigenvalue weighted by Gasteiger charge is 2.58. The van der Waals surface area contributed by atoms with Crippen molar-refractivity contribution in [2.45, 2.75) is 24.4 Å². The van der Waals surface area contributed by atoms with Gasteiger partial charge in [0.2, 0.25) is 0 Å². The van der Waals surface area contributed by atoms with E-state index in [1.165, 1.54) is 12.1 Å². The smallest absolute Gasteiger partial charge is 0.330 e. The van der Waals surface area contributed by atoms with Crippen molar-refractivity contribution in [1.29, 1.82) is 0 Å². The molecule has 2 N–H and O–H groups in total. The molecule has 1 saturated carbocycles. The van der Waals surface area contributed by atoms with Gasteiger partial charge in [0.05, 0.1) is 0 Å². The average Bonchev–Trinajstić information content (AvgIpc) is 3.07. The molecule has 0 spiro atoms. The van der Waals surface area contributed by atoms with Crippen molar-refractivity contribution < 1.29 is 22.0 Å². The second-order valence-corrected chi connectivity index (χ2v) is 4.53. The van der Waals surface area contributed by atoms with Crippen molar-refractivity contribution in [3.05, 3.63) is 35.4 Å². The minimum Gasteiger partial charge on any atom is -0.330 e. The Balaban J connectivity index is 2.18. The van der Waals surface area contributed by atoms with Gasteiger partial charge in [-0.05, 0) is 30.4 Å². The molecule has 1 aromatic rings. The fourth-order valence-electron chi connectivity index (χ4n) is 2.02. The quantitative estimate of drug-likeness (QED) is 0.833. The highest BCUT2D eigenvalue weighted by molar-refractivity contribution is 5.32. The van der Waals surface area contributed by atoms with Crippen molar-refractivity contribution >= 4 is 0 Å². The molecule has 2 rings (SSSR count). The molecule has 0 unspecified atom stereocenters. The number of hydrogen-bond donors (Lipinski definition) is 1. The topological polar surface area (TPSA) is 26.0 Å². The van der Waals surface area contributed by atoms with Gasteiger partial charge in [0.25, 0.3) is 0 Å². The Morgan fingerprint density at radius 1 is 1.06 bits per heavy atom. The van der Waals surface area contributed by atoms with E-state index >= 15 is 0 Å². The summed E-state index contributed by atoms with van der Waals surface area (Å²) in [5.41, 5.74) is 5.20. The maximum atomic E-state index is 13.0. The molecular weight excluding hydrogens is 253 g/mol. The molecule has 1 nitrogen and oxygen atoms in total. The van der Waals surface area contributed by atoms with E-state index in [-0.39, 0.29) is 5.92 Å². The summed E-state index contributed by atoms with van der Waals surface area (Å²) < 4.78 is 62.4. The van der Waals surface area contributed by atoms with Crippen molar-refractivity contribution in [2.24, 2.45) is 11.7 Å². The number of hydrogen-bond acceptors (Lipinski definition) is 1. The van der Waals surface area contributed by atoms with E-state index < -0.39 is 17.7 Å². The molecule has 100 valence electrons. The van der Waals surface area contributed by atoms with Crippen LogP contribution in [0.5, 0.6) is 0 Å². The number of rotatable bonds is 3. The van der Waals surface area contributed by atoms with Crippen LogP contribution in [-0.4, -0.2) is 12.7 Å². The van der Waals surface area contributed by atoms with E-state index in [9.17, 15) is 22.0 Å². The highest BCUT2D eigenvalue weighted by Crippen LogP contribution is 2.48. The van der Waals surface area contributed by atoms with Gasteiger partial charge in [0, 0.05) is 5.56 Å². The van der Waals surface area contributed by atoms with Crippen LogP contribution >= 0.6 is 0 Å². The van der Waals surface area contributed by atoms with Crippen molar-refractivity contribution in [1.82, 2.24) is 0 Å². The van der Waals surface area contributed by atoms with Crippen molar-refractivity contribution in [2.75, 3.05) is 6.54 Å². The van der Waals surface area contributed by atoms with Crippen LogP contribution in [0.3, 0.4) is 0 Å². The van der Waals surface area contributed by atoms with Crippen LogP contribution in [0.1, 0.15) is 23.5 Å². The molecule has 0 bridgehead atoms. The van der Waals surface area contributed by atoms with Gasteiger partial charge in [-0.15, -0.1) is 0 Å². The molecule has 18 heavy (non-hydrogen) atoms. The zero-order valence-corrected chi connectivity index (χ0v) is 9.35. The SMILES string of the molecule is NC[C@@H]1C[C@H]1c1ccc(C(F)(F)C(F)(F)F)cc1. The van der Waals surface area contributed by atoms with Gasteiger partial charge < -0.3 is 5.73 Å². The third-order valence-corrected chi connectivity index (χ3v) is 3.28. The number of alkyl halides is 5. The van der Waals surface area contributed by atoms with E-state index in [0.717, 1.165) is 24.1 Å². The summed E-state index contributed by atoms with van der Waals surface area (Å²) in [5.74, 6) is -4.29. The molecule has 1 aliphatic rings. The molecule has 2 atom stereocenters. The first-order chi connectivity index (χ1) is 8.27. The molecule has 0 aromatic heterocycles. The lowest BCUT2D eigenvalue weighted by molar-refractivity contribution is -0.289. The molecule has 0 saturated heterocycles. The first-order valence-corrected chi connectivity index (χ1v) is 5.52. The molecule has 0 aliphatic heterocycles. The third kappa shape index (κ3) is 2.21. The molecule has 0 amide bonds. The monoisotopic (exact) mass is 265 g/mol. The van der Waals surface area contributed by atoms with E-state index in [4.69, 9.17) is 5.73 Å². The van der Waals surface area contributed by atoms with Crippen LogP contribution in [0.25, 0.3) is 0 Å². The summed E-state index contributed by atoms with van der Waals surface area (Å²) in [6.07, 6.45) is -4.70. The van der Waals surface area contributed by atoms with Gasteiger partial charge in [0.15, 0.2) is 0 Å². The van der Waals surface area contributed by atoms with Crippen LogP contribution in [-0.2, 0) is 5.92 Å². The molecule has 1 fully saturated rings. The van der Waals surface area contributed by atoms with Gasteiger partial charge >= 0.3 is 12.1 Å². The van der Waals surface area contributed by atoms with Gasteiger partial charge in [-0.1, -0.05) is 24.3 Å². The Morgan fingerprint density at radius 3 is 2.00 bits per heavy atom. The van der Waals surface area contributed by atoms with Crippen LogP contribution < -0.4 is 5.73 Å². The summed E-state index contributed by atoms with van der Waals surface area (Å²) in [4.78, 5) is 0. The van der Waals surface area contributed by atoms with Gasteiger partial charge in [-0.25, -0.2) is 0 Å². The van der Waals surface area contributed by atoms with E-state index in [0.29, 0.717) is 12.5 Å². The van der Waals surface area contributed by atoms with E-state index in [2.05, 4.69) is 0 Å². The standard InChI is InChI=1S/C12H12F5N/c13-11(14,12(15,16)17)9-3-1-7(2-4-9)10-5-8(10)6-18/h1-4,8,10H,5-6,18H2/t8-,10-/m0/s1. The number of benzene rings is 1. The normalized spacial score (nSPS) is 24.1. The number of nitrogens with two attached hydrogens (primary N) is 1. The second-order valence-electron chi connectivity index (χ2n) is 4.53. The summed E-state index contributed by atoms with van der Waals surface area (Å²) in [7, 11) is 0. The third-order valence-electron chi connectivity index (χ3n) is 3.28. The summed E-state index contributed by atoms with van der Waals surface area (Å²) in [5, 5.41) is 0. The Hall–Kier alpha value is -1.17. The molecule has 0 heterocycles. The predicted molar refractivity (Wildman–Crippen MR) is 56.3 cm³/mol. The molecule has 1 aliphatic carbocycles. The summed E-state index contributed by atoms with van der Waals surface area (Å²) in [6, 6.07) is 4.34. The van der Waals surface area contributed by atoms with E-state index in [1.807, 2.05) is 0 Å². The summed E-state index contributed by atoms with van der Waals surface area (Å²) in [6.45, 7) is 0.505. The molecule has 0 radical (unpaired) electrons. The fraction of sp³-hybridized carbons (Fsp3) is 0.500. The Labute approximate surface area is 101 Å². The minimum atomic E-state index is -5.56. The first-order valence-electron chi connectivity index (χ1n) is 5.52. The van der Waals surface area contributed by atoms with Crippen molar-refractivity contribution in [3.63, 3.8) is 0 Å². The maximum absolute atomic E-state index is 13.0. The molecular formula is C12H12F5N. The maximum Gasteiger partial charge on any atom is 0.458 e. The van der Waals surface area contributed by atoms with Gasteiger partial charge in [-0.2, -0.15) is 22.0 Å². The Bertz CT molecular complexity index is 423. The lowest BCUT2D eigenvalue weighted by Gasteiger charge is -2.20. The predicted octanol–water partition coefficient (Wildman–Crippen LogP) is 3.40. The zero-order chi connectivity index (χ0) is 13.6. The average molecular weight is 265 g/mol. The Morgan fingerprint density at radius 2 is 1.61 bits per heavy atom. The largest absolute Gasteiger partial charge is 0.458 e. The van der Waals surface area contributed by atoms with Crippen LogP contribution in [0.15, 0.2) is 24.3 Å². The summed E-state index contributed by atoms with van der Waals surface area (Å²) >= 11 is 0. The van der Waals surface area contributed by atoms with Gasteiger partial charge in [-0.3, -0.25) is 0 Å². The van der Waals surface area contributed by atoms with Gasteiger partial charge in [0.1, 0.15) is 0 Å². The van der Waals surface area contributed by atoms with E-state index in [1.54, 1.807) is 0 Å².